The summed E-state index contributed by atoms with van der Waals surface area (Å²) in [5, 5.41) is 9.27. The van der Waals surface area contributed by atoms with Crippen LogP contribution in [0.4, 0.5) is 0 Å². The van der Waals surface area contributed by atoms with E-state index in [4.69, 9.17) is 0 Å². The van der Waals surface area contributed by atoms with Crippen LogP contribution in [0, 0.1) is 17.3 Å². The molecule has 2 rings (SSSR count). The molecule has 0 bridgehead atoms. The van der Waals surface area contributed by atoms with E-state index in [1.165, 1.54) is 19.3 Å². The van der Waals surface area contributed by atoms with Gasteiger partial charge in [-0.15, -0.1) is 0 Å². The van der Waals surface area contributed by atoms with Crippen LogP contribution in [0.3, 0.4) is 0 Å². The summed E-state index contributed by atoms with van der Waals surface area (Å²) in [4.78, 5) is 13.8. The molecule has 1 aliphatic carbocycles. The van der Waals surface area contributed by atoms with Crippen LogP contribution in [-0.2, 0) is 4.79 Å². The van der Waals surface area contributed by atoms with Crippen molar-refractivity contribution in [2.24, 2.45) is 17.3 Å². The van der Waals surface area contributed by atoms with E-state index >= 15 is 0 Å². The van der Waals surface area contributed by atoms with Crippen molar-refractivity contribution in [3.05, 3.63) is 0 Å². The van der Waals surface area contributed by atoms with Crippen LogP contribution in [0.15, 0.2) is 0 Å². The fourth-order valence-corrected chi connectivity index (χ4v) is 3.63. The molecule has 104 valence electrons. The highest BCUT2D eigenvalue weighted by Crippen LogP contribution is 2.37. The summed E-state index contributed by atoms with van der Waals surface area (Å²) < 4.78 is 0. The summed E-state index contributed by atoms with van der Waals surface area (Å²) in [6.07, 6.45) is 5.61. The number of aliphatic carboxylic acids is 1. The van der Waals surface area contributed by atoms with Crippen LogP contribution < -0.4 is 0 Å². The Hall–Kier alpha value is -0.570. The smallest absolute Gasteiger partial charge is 0.309 e. The molecule has 0 aromatic carbocycles. The Morgan fingerprint density at radius 2 is 1.83 bits per heavy atom. The maximum atomic E-state index is 11.3. The van der Waals surface area contributed by atoms with Crippen molar-refractivity contribution >= 4 is 5.97 Å². The molecule has 1 N–H and O–H groups in total. The van der Waals surface area contributed by atoms with Gasteiger partial charge in [0.1, 0.15) is 0 Å². The van der Waals surface area contributed by atoms with Gasteiger partial charge in [-0.25, -0.2) is 0 Å². The maximum absolute atomic E-state index is 11.3. The number of hydrogen-bond donors (Lipinski definition) is 1. The molecule has 3 heteroatoms. The second-order valence-electron chi connectivity index (χ2n) is 6.74. The van der Waals surface area contributed by atoms with E-state index in [0.717, 1.165) is 37.8 Å². The first kappa shape index (κ1) is 13.9. The number of rotatable bonds is 2. The lowest BCUT2D eigenvalue weighted by Crippen LogP contribution is -2.50. The van der Waals surface area contributed by atoms with Gasteiger partial charge in [0.15, 0.2) is 0 Å². The van der Waals surface area contributed by atoms with E-state index in [-0.39, 0.29) is 0 Å². The van der Waals surface area contributed by atoms with Crippen molar-refractivity contribution < 1.29 is 9.90 Å². The lowest BCUT2D eigenvalue weighted by Gasteiger charge is -2.46. The molecule has 3 unspecified atom stereocenters. The van der Waals surface area contributed by atoms with E-state index in [1.807, 2.05) is 6.92 Å². The van der Waals surface area contributed by atoms with Gasteiger partial charge in [-0.3, -0.25) is 4.79 Å². The first-order valence-electron chi connectivity index (χ1n) is 7.41. The van der Waals surface area contributed by atoms with Crippen LogP contribution in [0.5, 0.6) is 0 Å². The summed E-state index contributed by atoms with van der Waals surface area (Å²) in [6, 6.07) is 0.687. The largest absolute Gasteiger partial charge is 0.481 e. The van der Waals surface area contributed by atoms with Crippen molar-refractivity contribution in [1.82, 2.24) is 4.90 Å². The van der Waals surface area contributed by atoms with E-state index < -0.39 is 11.4 Å². The number of piperidine rings is 1. The molecule has 1 saturated heterocycles. The van der Waals surface area contributed by atoms with Crippen LogP contribution in [0.1, 0.15) is 52.9 Å². The van der Waals surface area contributed by atoms with Gasteiger partial charge in [0.25, 0.3) is 0 Å². The zero-order valence-electron chi connectivity index (χ0n) is 12.0. The van der Waals surface area contributed by atoms with E-state index in [0.29, 0.717) is 6.04 Å². The van der Waals surface area contributed by atoms with Crippen LogP contribution in [0.2, 0.25) is 0 Å². The molecule has 0 amide bonds. The fraction of sp³-hybridized carbons (Fsp3) is 0.933. The van der Waals surface area contributed by atoms with Crippen molar-refractivity contribution in [3.8, 4) is 0 Å². The third-order valence-corrected chi connectivity index (χ3v) is 5.55. The van der Waals surface area contributed by atoms with Gasteiger partial charge >= 0.3 is 5.97 Å². The van der Waals surface area contributed by atoms with Crippen molar-refractivity contribution in [1.29, 1.82) is 0 Å². The molecular weight excluding hydrogens is 226 g/mol. The second-order valence-corrected chi connectivity index (χ2v) is 6.74. The zero-order valence-corrected chi connectivity index (χ0v) is 12.0. The van der Waals surface area contributed by atoms with Gasteiger partial charge in [0.05, 0.1) is 5.41 Å². The molecule has 0 aromatic heterocycles. The van der Waals surface area contributed by atoms with E-state index in [9.17, 15) is 9.90 Å². The fourth-order valence-electron chi connectivity index (χ4n) is 3.63. The van der Waals surface area contributed by atoms with Gasteiger partial charge in [-0.2, -0.15) is 0 Å². The first-order chi connectivity index (χ1) is 8.44. The molecule has 1 saturated carbocycles. The highest BCUT2D eigenvalue weighted by Gasteiger charge is 2.40. The lowest BCUT2D eigenvalue weighted by atomic mass is 9.75. The summed E-state index contributed by atoms with van der Waals surface area (Å²) in [6.45, 7) is 8.57. The minimum atomic E-state index is -0.618. The van der Waals surface area contributed by atoms with Crippen LogP contribution in [-0.4, -0.2) is 35.1 Å². The summed E-state index contributed by atoms with van der Waals surface area (Å²) in [5.74, 6) is 0.955. The molecule has 1 aliphatic heterocycles. The summed E-state index contributed by atoms with van der Waals surface area (Å²) in [5.41, 5.74) is -0.486. The topological polar surface area (TPSA) is 40.5 Å². The van der Waals surface area contributed by atoms with Gasteiger partial charge in [0, 0.05) is 6.04 Å². The first-order valence-corrected chi connectivity index (χ1v) is 7.41. The lowest BCUT2D eigenvalue weighted by molar-refractivity contribution is -0.151. The van der Waals surface area contributed by atoms with E-state index in [2.05, 4.69) is 18.7 Å². The number of carboxylic acid groups (broad SMARTS) is 1. The van der Waals surface area contributed by atoms with Gasteiger partial charge in [-0.05, 0) is 51.1 Å². The third-order valence-electron chi connectivity index (χ3n) is 5.55. The molecule has 0 spiro atoms. The second kappa shape index (κ2) is 5.20. The molecule has 18 heavy (non-hydrogen) atoms. The van der Waals surface area contributed by atoms with Crippen molar-refractivity contribution in [2.45, 2.75) is 58.9 Å². The van der Waals surface area contributed by atoms with Gasteiger partial charge in [-0.1, -0.05) is 26.7 Å². The average Bonchev–Trinajstić information content (AvgIpc) is 2.34. The molecule has 3 atom stereocenters. The maximum Gasteiger partial charge on any atom is 0.309 e. The molecule has 2 fully saturated rings. The standard InChI is InChI=1S/C15H27NO2/c1-11-5-4-6-13(12(11)2)16-9-7-15(3,8-10-16)14(17)18/h11-13H,4-10H2,1-3H3,(H,17,18). The SMILES string of the molecule is CC1CCCC(N2CCC(C)(C(=O)O)CC2)C1C. The Bertz CT molecular complexity index is 308. The molecule has 2 aliphatic rings. The van der Waals surface area contributed by atoms with Crippen molar-refractivity contribution in [2.75, 3.05) is 13.1 Å². The van der Waals surface area contributed by atoms with E-state index in [1.54, 1.807) is 0 Å². The Morgan fingerprint density at radius 3 is 2.39 bits per heavy atom. The summed E-state index contributed by atoms with van der Waals surface area (Å²) >= 11 is 0. The third kappa shape index (κ3) is 2.56. The Labute approximate surface area is 111 Å². The summed E-state index contributed by atoms with van der Waals surface area (Å²) in [7, 11) is 0. The number of carboxylic acids is 1. The minimum absolute atomic E-state index is 0.486. The Balaban J connectivity index is 1.95. The van der Waals surface area contributed by atoms with Gasteiger partial charge in [0.2, 0.25) is 0 Å². The highest BCUT2D eigenvalue weighted by atomic mass is 16.4. The monoisotopic (exact) mass is 253 g/mol. The zero-order chi connectivity index (χ0) is 13.3. The minimum Gasteiger partial charge on any atom is -0.481 e. The van der Waals surface area contributed by atoms with Gasteiger partial charge < -0.3 is 10.0 Å². The molecule has 0 aromatic rings. The van der Waals surface area contributed by atoms with Crippen molar-refractivity contribution in [3.63, 3.8) is 0 Å². The number of carbonyl (C=O) groups is 1. The Kier molecular flexibility index (Phi) is 4.00. The average molecular weight is 253 g/mol. The predicted molar refractivity (Wildman–Crippen MR) is 72.5 cm³/mol. The molecule has 1 heterocycles. The number of likely N-dealkylation sites (tertiary alicyclic amines) is 1. The quantitative estimate of drug-likeness (QED) is 0.822. The molecule has 0 radical (unpaired) electrons. The predicted octanol–water partition coefficient (Wildman–Crippen LogP) is 3.00. The number of nitrogens with zero attached hydrogens (tertiary/aromatic N) is 1. The normalized spacial score (nSPS) is 37.4. The molecule has 3 nitrogen and oxygen atoms in total. The van der Waals surface area contributed by atoms with Crippen LogP contribution >= 0.6 is 0 Å². The Morgan fingerprint density at radius 1 is 1.22 bits per heavy atom. The highest BCUT2D eigenvalue weighted by molar-refractivity contribution is 5.74. The van der Waals surface area contributed by atoms with Crippen LogP contribution in [0.25, 0.3) is 0 Å². The number of hydrogen-bond acceptors (Lipinski definition) is 2. The molecular formula is C15H27NO2.